The predicted octanol–water partition coefficient (Wildman–Crippen LogP) is 1.73. The first-order chi connectivity index (χ1) is 12.1. The summed E-state index contributed by atoms with van der Waals surface area (Å²) in [6.45, 7) is 5.99. The number of rotatable bonds is 4. The molecule has 3 rings (SSSR count). The molecular weight excluding hydrogens is 358 g/mol. The van der Waals surface area contributed by atoms with E-state index in [1.807, 2.05) is 6.92 Å². The fourth-order valence-electron chi connectivity index (χ4n) is 4.19. The lowest BCUT2D eigenvalue weighted by Crippen LogP contribution is -2.46. The van der Waals surface area contributed by atoms with Crippen molar-refractivity contribution in [1.29, 1.82) is 0 Å². The van der Waals surface area contributed by atoms with Gasteiger partial charge in [0, 0.05) is 19.7 Å². The number of fused-ring (bicyclic) bond motifs is 1. The Bertz CT molecular complexity index is 850. The van der Waals surface area contributed by atoms with Crippen LogP contribution in [0, 0.1) is 32.1 Å². The van der Waals surface area contributed by atoms with E-state index in [1.54, 1.807) is 27.0 Å². The number of nitrogens with zero attached hydrogens (tertiary/aromatic N) is 1. The maximum absolute atomic E-state index is 13.4. The maximum atomic E-state index is 13.4. The molecule has 2 fully saturated rings. The molecule has 144 valence electrons. The number of sulfonamides is 1. The Balaban J connectivity index is 2.05. The van der Waals surface area contributed by atoms with Crippen LogP contribution in [0.2, 0.25) is 0 Å². The van der Waals surface area contributed by atoms with Crippen molar-refractivity contribution >= 4 is 16.0 Å². The van der Waals surface area contributed by atoms with Crippen LogP contribution in [0.1, 0.15) is 23.1 Å². The highest BCUT2D eigenvalue weighted by Crippen LogP contribution is 2.44. The Hall–Kier alpha value is -1.64. The van der Waals surface area contributed by atoms with Gasteiger partial charge in [-0.25, -0.2) is 8.42 Å². The molecule has 0 unspecified atom stereocenters. The van der Waals surface area contributed by atoms with Crippen molar-refractivity contribution in [2.75, 3.05) is 33.4 Å². The van der Waals surface area contributed by atoms with E-state index in [0.29, 0.717) is 29.9 Å². The number of carboxylic acids is 1. The molecule has 7 nitrogen and oxygen atoms in total. The first-order valence-corrected chi connectivity index (χ1v) is 10.0. The summed E-state index contributed by atoms with van der Waals surface area (Å²) in [6, 6.07) is 1.72. The number of hydrogen-bond donors (Lipinski definition) is 1. The highest BCUT2D eigenvalue weighted by Gasteiger charge is 2.56. The Morgan fingerprint density at radius 1 is 1.35 bits per heavy atom. The first kappa shape index (κ1) is 19.1. The van der Waals surface area contributed by atoms with Crippen LogP contribution in [0.25, 0.3) is 0 Å². The number of carboxylic acid groups (broad SMARTS) is 1. The standard InChI is InChI=1S/C18H25NO6S/c1-11-7-15(24-4)12(2)13(3)16(11)26(22,23)19-8-14-5-6-25-10-18(14,9-19)17(20)21/h7,14H,5-6,8-10H2,1-4H3,(H,20,21)/t14-,18+/m0/s1. The normalized spacial score (nSPS) is 26.5. The summed E-state index contributed by atoms with van der Waals surface area (Å²) >= 11 is 0. The lowest BCUT2D eigenvalue weighted by molar-refractivity contribution is -0.159. The zero-order valence-corrected chi connectivity index (χ0v) is 16.4. The molecule has 1 aromatic rings. The van der Waals surface area contributed by atoms with E-state index in [-0.39, 0.29) is 30.5 Å². The molecule has 0 aliphatic carbocycles. The lowest BCUT2D eigenvalue weighted by Gasteiger charge is -2.34. The number of aliphatic carboxylic acids is 1. The van der Waals surface area contributed by atoms with Gasteiger partial charge in [-0.15, -0.1) is 0 Å². The average molecular weight is 383 g/mol. The molecule has 2 aliphatic rings. The molecule has 1 N–H and O–H groups in total. The van der Waals surface area contributed by atoms with Crippen LogP contribution in [0.5, 0.6) is 5.75 Å². The summed E-state index contributed by atoms with van der Waals surface area (Å²) in [5, 5.41) is 9.76. The van der Waals surface area contributed by atoms with E-state index in [9.17, 15) is 18.3 Å². The molecule has 0 radical (unpaired) electrons. The van der Waals surface area contributed by atoms with Gasteiger partial charge in [-0.1, -0.05) is 0 Å². The van der Waals surface area contributed by atoms with Crippen LogP contribution in [0.15, 0.2) is 11.0 Å². The van der Waals surface area contributed by atoms with Gasteiger partial charge in [-0.3, -0.25) is 4.79 Å². The number of ether oxygens (including phenoxy) is 2. The molecule has 0 bridgehead atoms. The van der Waals surface area contributed by atoms with Gasteiger partial charge >= 0.3 is 5.97 Å². The quantitative estimate of drug-likeness (QED) is 0.851. The Kier molecular flexibility index (Phi) is 4.79. The summed E-state index contributed by atoms with van der Waals surface area (Å²) in [5.41, 5.74) is 0.844. The second-order valence-corrected chi connectivity index (χ2v) is 9.15. The van der Waals surface area contributed by atoms with Gasteiger partial charge in [0.1, 0.15) is 11.2 Å². The van der Waals surface area contributed by atoms with Crippen LogP contribution >= 0.6 is 0 Å². The molecule has 26 heavy (non-hydrogen) atoms. The van der Waals surface area contributed by atoms with Gasteiger partial charge in [-0.2, -0.15) is 4.31 Å². The highest BCUT2D eigenvalue weighted by molar-refractivity contribution is 7.89. The van der Waals surface area contributed by atoms with Crippen molar-refractivity contribution in [2.45, 2.75) is 32.1 Å². The molecule has 2 atom stereocenters. The van der Waals surface area contributed by atoms with Crippen LogP contribution < -0.4 is 4.74 Å². The van der Waals surface area contributed by atoms with Gasteiger partial charge in [-0.05, 0) is 55.9 Å². The third kappa shape index (κ3) is 2.71. The molecule has 8 heteroatoms. The first-order valence-electron chi connectivity index (χ1n) is 8.61. The van der Waals surface area contributed by atoms with Crippen molar-refractivity contribution in [3.8, 4) is 5.75 Å². The largest absolute Gasteiger partial charge is 0.496 e. The summed E-state index contributed by atoms with van der Waals surface area (Å²) in [5.74, 6) is -0.577. The molecular formula is C18H25NO6S. The summed E-state index contributed by atoms with van der Waals surface area (Å²) in [6.07, 6.45) is 0.553. The number of benzene rings is 1. The maximum Gasteiger partial charge on any atom is 0.313 e. The van der Waals surface area contributed by atoms with Gasteiger partial charge in [0.25, 0.3) is 0 Å². The third-order valence-electron chi connectivity index (χ3n) is 5.86. The van der Waals surface area contributed by atoms with Crippen LogP contribution in [0.3, 0.4) is 0 Å². The zero-order chi connectivity index (χ0) is 19.3. The second-order valence-electron chi connectivity index (χ2n) is 7.27. The molecule has 1 aromatic carbocycles. The van der Waals surface area contributed by atoms with Gasteiger partial charge in [0.15, 0.2) is 0 Å². The lowest BCUT2D eigenvalue weighted by atomic mass is 9.76. The van der Waals surface area contributed by atoms with Crippen LogP contribution in [0.4, 0.5) is 0 Å². The van der Waals surface area contributed by atoms with Crippen molar-refractivity contribution < 1.29 is 27.8 Å². The number of aryl methyl sites for hydroxylation is 1. The summed E-state index contributed by atoms with van der Waals surface area (Å²) in [4.78, 5) is 12.2. The van der Waals surface area contributed by atoms with Crippen molar-refractivity contribution in [3.63, 3.8) is 0 Å². The molecule has 0 saturated carbocycles. The van der Waals surface area contributed by atoms with E-state index in [1.165, 1.54) is 4.31 Å². The number of carbonyl (C=O) groups is 1. The molecule has 0 spiro atoms. The van der Waals surface area contributed by atoms with E-state index < -0.39 is 21.4 Å². The van der Waals surface area contributed by atoms with Crippen molar-refractivity contribution in [1.82, 2.24) is 4.31 Å². The monoisotopic (exact) mass is 383 g/mol. The molecule has 0 aromatic heterocycles. The number of methoxy groups -OCH3 is 1. The Morgan fingerprint density at radius 3 is 2.62 bits per heavy atom. The fraction of sp³-hybridized carbons (Fsp3) is 0.611. The minimum Gasteiger partial charge on any atom is -0.496 e. The average Bonchev–Trinajstić information content (AvgIpc) is 3.00. The van der Waals surface area contributed by atoms with Gasteiger partial charge < -0.3 is 14.6 Å². The Labute approximate surface area is 154 Å². The van der Waals surface area contributed by atoms with E-state index >= 15 is 0 Å². The van der Waals surface area contributed by atoms with Crippen molar-refractivity contribution in [2.24, 2.45) is 11.3 Å². The summed E-state index contributed by atoms with van der Waals surface area (Å²) < 4.78 is 38.8. The minimum atomic E-state index is -3.82. The molecule has 2 saturated heterocycles. The van der Waals surface area contributed by atoms with E-state index in [0.717, 1.165) is 5.56 Å². The summed E-state index contributed by atoms with van der Waals surface area (Å²) in [7, 11) is -2.27. The highest BCUT2D eigenvalue weighted by atomic mass is 32.2. The zero-order valence-electron chi connectivity index (χ0n) is 15.5. The number of hydrogen-bond acceptors (Lipinski definition) is 5. The topological polar surface area (TPSA) is 93.1 Å². The predicted molar refractivity (Wildman–Crippen MR) is 95.0 cm³/mol. The van der Waals surface area contributed by atoms with E-state index in [2.05, 4.69) is 0 Å². The van der Waals surface area contributed by atoms with Crippen LogP contribution in [-0.4, -0.2) is 57.2 Å². The van der Waals surface area contributed by atoms with Gasteiger partial charge in [0.05, 0.1) is 18.6 Å². The van der Waals surface area contributed by atoms with Crippen molar-refractivity contribution in [3.05, 3.63) is 22.8 Å². The minimum absolute atomic E-state index is 0.0542. The fourth-order valence-corrected chi connectivity index (χ4v) is 6.23. The Morgan fingerprint density at radius 2 is 2.04 bits per heavy atom. The van der Waals surface area contributed by atoms with Gasteiger partial charge in [0.2, 0.25) is 10.0 Å². The third-order valence-corrected chi connectivity index (χ3v) is 7.96. The SMILES string of the molecule is COc1cc(C)c(S(=O)(=O)N2C[C@@H]3CCOC[C@]3(C(=O)O)C2)c(C)c1C. The molecule has 0 amide bonds. The second kappa shape index (κ2) is 6.51. The smallest absolute Gasteiger partial charge is 0.313 e. The van der Waals surface area contributed by atoms with Crippen LogP contribution in [-0.2, 0) is 19.6 Å². The molecule has 2 aliphatic heterocycles. The van der Waals surface area contributed by atoms with E-state index in [4.69, 9.17) is 9.47 Å². The molecule has 2 heterocycles.